The monoisotopic (exact) mass is 299 g/mol. The molecule has 1 aromatic carbocycles. The lowest BCUT2D eigenvalue weighted by Crippen LogP contribution is -2.30. The standard InChI is InChI=1S/C16H23Cl2N/c1-3-11-4-5-12(10-19-2)14(8-11)15-9-13(17)6-7-16(15)18/h6-7,9,11-12,14,19H,3-5,8,10H2,1-2H3. The zero-order chi connectivity index (χ0) is 13.8. The van der Waals surface area contributed by atoms with Crippen LogP contribution in [0.5, 0.6) is 0 Å². The fourth-order valence-electron chi connectivity index (χ4n) is 3.38. The number of nitrogens with one attached hydrogen (secondary N) is 1. The molecular weight excluding hydrogens is 277 g/mol. The predicted molar refractivity (Wildman–Crippen MR) is 84.3 cm³/mol. The van der Waals surface area contributed by atoms with E-state index in [9.17, 15) is 0 Å². The van der Waals surface area contributed by atoms with E-state index in [2.05, 4.69) is 18.3 Å². The summed E-state index contributed by atoms with van der Waals surface area (Å²) in [5.74, 6) is 2.04. The minimum Gasteiger partial charge on any atom is -0.319 e. The Hall–Kier alpha value is -0.240. The molecule has 1 nitrogen and oxygen atoms in total. The van der Waals surface area contributed by atoms with Crippen molar-refractivity contribution in [2.45, 2.75) is 38.5 Å². The number of halogens is 2. The third-order valence-electron chi connectivity index (χ3n) is 4.50. The molecule has 1 fully saturated rings. The van der Waals surface area contributed by atoms with Crippen LogP contribution in [0.25, 0.3) is 0 Å². The molecule has 106 valence electrons. The first-order valence-corrected chi connectivity index (χ1v) is 8.00. The first-order valence-electron chi connectivity index (χ1n) is 7.25. The van der Waals surface area contributed by atoms with Crippen molar-refractivity contribution < 1.29 is 0 Å². The van der Waals surface area contributed by atoms with Gasteiger partial charge < -0.3 is 5.32 Å². The summed E-state index contributed by atoms with van der Waals surface area (Å²) in [7, 11) is 2.03. The Morgan fingerprint density at radius 3 is 2.74 bits per heavy atom. The highest BCUT2D eigenvalue weighted by molar-refractivity contribution is 6.33. The third kappa shape index (κ3) is 3.65. The molecule has 3 atom stereocenters. The Balaban J connectivity index is 2.27. The van der Waals surface area contributed by atoms with Gasteiger partial charge in [0.15, 0.2) is 0 Å². The van der Waals surface area contributed by atoms with Gasteiger partial charge >= 0.3 is 0 Å². The van der Waals surface area contributed by atoms with Crippen molar-refractivity contribution in [3.63, 3.8) is 0 Å². The molecule has 0 spiro atoms. The molecule has 0 amide bonds. The van der Waals surface area contributed by atoms with Crippen LogP contribution in [0.15, 0.2) is 18.2 Å². The first kappa shape index (κ1) is 15.2. The van der Waals surface area contributed by atoms with Crippen LogP contribution in [-0.2, 0) is 0 Å². The molecule has 0 aliphatic heterocycles. The van der Waals surface area contributed by atoms with Gasteiger partial charge in [0.1, 0.15) is 0 Å². The van der Waals surface area contributed by atoms with Crippen molar-refractivity contribution in [1.29, 1.82) is 0 Å². The Kier molecular flexibility index (Phi) is 5.56. The highest BCUT2D eigenvalue weighted by Crippen LogP contribution is 2.44. The lowest BCUT2D eigenvalue weighted by atomic mass is 9.70. The Labute approximate surface area is 126 Å². The molecule has 0 bridgehead atoms. The smallest absolute Gasteiger partial charge is 0.0441 e. The van der Waals surface area contributed by atoms with E-state index in [1.54, 1.807) is 0 Å². The summed E-state index contributed by atoms with van der Waals surface area (Å²) in [5.41, 5.74) is 1.24. The Morgan fingerprint density at radius 2 is 2.05 bits per heavy atom. The van der Waals surface area contributed by atoms with Crippen LogP contribution in [0.2, 0.25) is 10.0 Å². The SMILES string of the molecule is CCC1CCC(CNC)C(c2cc(Cl)ccc2Cl)C1. The number of benzene rings is 1. The molecule has 3 heteroatoms. The van der Waals surface area contributed by atoms with Crippen LogP contribution in [0.3, 0.4) is 0 Å². The second-order valence-electron chi connectivity index (χ2n) is 5.68. The predicted octanol–water partition coefficient (Wildman–Crippen LogP) is 5.12. The minimum absolute atomic E-state index is 0.539. The Bertz CT molecular complexity index is 419. The summed E-state index contributed by atoms with van der Waals surface area (Å²) in [4.78, 5) is 0. The van der Waals surface area contributed by atoms with Gasteiger partial charge in [0.2, 0.25) is 0 Å². The molecule has 19 heavy (non-hydrogen) atoms. The van der Waals surface area contributed by atoms with Gasteiger partial charge in [0.25, 0.3) is 0 Å². The average molecular weight is 300 g/mol. The minimum atomic E-state index is 0.539. The van der Waals surface area contributed by atoms with E-state index in [-0.39, 0.29) is 0 Å². The van der Waals surface area contributed by atoms with E-state index < -0.39 is 0 Å². The molecule has 1 aliphatic carbocycles. The third-order valence-corrected chi connectivity index (χ3v) is 5.08. The van der Waals surface area contributed by atoms with Gasteiger partial charge in [-0.1, -0.05) is 43.0 Å². The van der Waals surface area contributed by atoms with Gasteiger partial charge in [-0.3, -0.25) is 0 Å². The van der Waals surface area contributed by atoms with Gasteiger partial charge in [-0.05, 0) is 68.0 Å². The van der Waals surface area contributed by atoms with E-state index in [4.69, 9.17) is 23.2 Å². The van der Waals surface area contributed by atoms with Gasteiger partial charge in [-0.25, -0.2) is 0 Å². The van der Waals surface area contributed by atoms with Gasteiger partial charge in [0, 0.05) is 10.0 Å². The summed E-state index contributed by atoms with van der Waals surface area (Å²) in [6.07, 6.45) is 5.13. The molecule has 0 radical (unpaired) electrons. The molecule has 1 aromatic rings. The molecule has 2 rings (SSSR count). The van der Waals surface area contributed by atoms with Gasteiger partial charge in [-0.15, -0.1) is 0 Å². The summed E-state index contributed by atoms with van der Waals surface area (Å²) < 4.78 is 0. The van der Waals surface area contributed by atoms with Crippen LogP contribution in [0.1, 0.15) is 44.1 Å². The number of hydrogen-bond acceptors (Lipinski definition) is 1. The van der Waals surface area contributed by atoms with Crippen LogP contribution >= 0.6 is 23.2 Å². The lowest BCUT2D eigenvalue weighted by Gasteiger charge is -2.36. The molecule has 1 aliphatic rings. The largest absolute Gasteiger partial charge is 0.319 e. The summed E-state index contributed by atoms with van der Waals surface area (Å²) >= 11 is 12.6. The quantitative estimate of drug-likeness (QED) is 0.813. The highest BCUT2D eigenvalue weighted by atomic mass is 35.5. The fraction of sp³-hybridized carbons (Fsp3) is 0.625. The van der Waals surface area contributed by atoms with Crippen molar-refractivity contribution in [2.24, 2.45) is 11.8 Å². The van der Waals surface area contributed by atoms with Crippen molar-refractivity contribution in [3.05, 3.63) is 33.8 Å². The summed E-state index contributed by atoms with van der Waals surface area (Å²) in [5, 5.41) is 4.99. The fourth-order valence-corrected chi connectivity index (χ4v) is 3.82. The van der Waals surface area contributed by atoms with Crippen LogP contribution in [0.4, 0.5) is 0 Å². The van der Waals surface area contributed by atoms with E-state index in [1.165, 1.54) is 31.2 Å². The van der Waals surface area contributed by atoms with Crippen molar-refractivity contribution in [3.8, 4) is 0 Å². The normalized spacial score (nSPS) is 27.5. The molecule has 0 aromatic heterocycles. The van der Waals surface area contributed by atoms with Crippen LogP contribution < -0.4 is 5.32 Å². The number of hydrogen-bond donors (Lipinski definition) is 1. The zero-order valence-corrected chi connectivity index (χ0v) is 13.3. The van der Waals surface area contributed by atoms with E-state index in [0.717, 1.165) is 22.5 Å². The molecule has 0 saturated heterocycles. The maximum atomic E-state index is 6.41. The Morgan fingerprint density at radius 1 is 1.26 bits per heavy atom. The second kappa shape index (κ2) is 6.97. The van der Waals surface area contributed by atoms with Gasteiger partial charge in [0.05, 0.1) is 0 Å². The second-order valence-corrected chi connectivity index (χ2v) is 6.52. The lowest BCUT2D eigenvalue weighted by molar-refractivity contribution is 0.228. The maximum absolute atomic E-state index is 6.41. The average Bonchev–Trinajstić information content (AvgIpc) is 2.42. The zero-order valence-electron chi connectivity index (χ0n) is 11.8. The van der Waals surface area contributed by atoms with Crippen LogP contribution in [0, 0.1) is 11.8 Å². The summed E-state index contributed by atoms with van der Waals surface area (Å²) in [6, 6.07) is 5.88. The van der Waals surface area contributed by atoms with E-state index >= 15 is 0 Å². The maximum Gasteiger partial charge on any atom is 0.0441 e. The van der Waals surface area contributed by atoms with Crippen molar-refractivity contribution in [2.75, 3.05) is 13.6 Å². The van der Waals surface area contributed by atoms with E-state index in [0.29, 0.717) is 11.8 Å². The molecule has 0 heterocycles. The molecule has 1 N–H and O–H groups in total. The highest BCUT2D eigenvalue weighted by Gasteiger charge is 2.31. The molecular formula is C16H23Cl2N. The topological polar surface area (TPSA) is 12.0 Å². The summed E-state index contributed by atoms with van der Waals surface area (Å²) in [6.45, 7) is 3.35. The first-order chi connectivity index (χ1) is 9.15. The van der Waals surface area contributed by atoms with Crippen molar-refractivity contribution >= 4 is 23.2 Å². The number of rotatable bonds is 4. The van der Waals surface area contributed by atoms with Gasteiger partial charge in [-0.2, -0.15) is 0 Å². The molecule has 3 unspecified atom stereocenters. The van der Waals surface area contributed by atoms with Crippen LogP contribution in [-0.4, -0.2) is 13.6 Å². The van der Waals surface area contributed by atoms with Crippen molar-refractivity contribution in [1.82, 2.24) is 5.32 Å². The molecule has 1 saturated carbocycles. The van der Waals surface area contributed by atoms with E-state index in [1.807, 2.05) is 19.2 Å².